The van der Waals surface area contributed by atoms with Crippen LogP contribution in [0.1, 0.15) is 6.92 Å². The molecule has 7 nitrogen and oxygen atoms in total. The third-order valence-electron chi connectivity index (χ3n) is 4.81. The van der Waals surface area contributed by atoms with Crippen molar-refractivity contribution in [3.05, 3.63) is 66.9 Å². The Balaban J connectivity index is 1.69. The summed E-state index contributed by atoms with van der Waals surface area (Å²) in [5.74, 6) is 1.70. The second kappa shape index (κ2) is 9.02. The topological polar surface area (TPSA) is 90.5 Å². The van der Waals surface area contributed by atoms with E-state index in [0.29, 0.717) is 23.9 Å². The molecule has 0 bridgehead atoms. The molecular formula is C24H24N2O5S. The number of nitrogens with zero attached hydrogens (tertiary/aromatic N) is 1. The van der Waals surface area contributed by atoms with Crippen LogP contribution in [0.2, 0.25) is 0 Å². The maximum atomic E-state index is 11.7. The number of pyridine rings is 1. The van der Waals surface area contributed by atoms with Gasteiger partial charge in [-0.25, -0.2) is 13.4 Å². The monoisotopic (exact) mass is 452 g/mol. The Labute approximate surface area is 186 Å². The molecule has 4 rings (SSSR count). The minimum absolute atomic E-state index is 0.151. The summed E-state index contributed by atoms with van der Waals surface area (Å²) < 4.78 is 40.6. The van der Waals surface area contributed by atoms with Crippen molar-refractivity contribution in [3.8, 4) is 28.5 Å². The summed E-state index contributed by atoms with van der Waals surface area (Å²) in [4.78, 5) is 7.91. The van der Waals surface area contributed by atoms with Gasteiger partial charge in [-0.15, -0.1) is 0 Å². The van der Waals surface area contributed by atoms with Gasteiger partial charge in [0.2, 0.25) is 0 Å². The van der Waals surface area contributed by atoms with E-state index in [0.717, 1.165) is 22.3 Å². The SMILES string of the molecule is COCC(C)Oc1cc(Oc2ccc(S(C)(=O)=O)cc2)cc(-c2cc3cccnc3[nH]2)c1. The van der Waals surface area contributed by atoms with Crippen LogP contribution >= 0.6 is 0 Å². The third kappa shape index (κ3) is 5.09. The number of sulfone groups is 1. The normalized spacial score (nSPS) is 12.6. The Hall–Kier alpha value is -3.36. The predicted molar refractivity (Wildman–Crippen MR) is 123 cm³/mol. The minimum Gasteiger partial charge on any atom is -0.488 e. The van der Waals surface area contributed by atoms with Gasteiger partial charge in [0.1, 0.15) is 29.0 Å². The highest BCUT2D eigenvalue weighted by Crippen LogP contribution is 2.34. The molecule has 0 spiro atoms. The van der Waals surface area contributed by atoms with E-state index >= 15 is 0 Å². The summed E-state index contributed by atoms with van der Waals surface area (Å²) in [5, 5.41) is 1.00. The molecule has 1 atom stereocenters. The van der Waals surface area contributed by atoms with E-state index in [1.165, 1.54) is 18.4 Å². The molecule has 0 saturated carbocycles. The molecule has 1 unspecified atom stereocenters. The average molecular weight is 453 g/mol. The number of aromatic nitrogens is 2. The van der Waals surface area contributed by atoms with Gasteiger partial charge in [-0.2, -0.15) is 0 Å². The molecule has 32 heavy (non-hydrogen) atoms. The summed E-state index contributed by atoms with van der Waals surface area (Å²) in [6.45, 7) is 2.37. The Morgan fingerprint density at radius 3 is 2.44 bits per heavy atom. The van der Waals surface area contributed by atoms with Crippen LogP contribution in [-0.4, -0.2) is 44.5 Å². The highest BCUT2D eigenvalue weighted by Gasteiger charge is 2.12. The van der Waals surface area contributed by atoms with Gasteiger partial charge in [-0.3, -0.25) is 0 Å². The molecule has 8 heteroatoms. The number of H-pyrrole nitrogens is 1. The second-order valence-corrected chi connectivity index (χ2v) is 9.56. The first-order valence-electron chi connectivity index (χ1n) is 10.0. The number of nitrogens with one attached hydrogen (secondary N) is 1. The highest BCUT2D eigenvalue weighted by molar-refractivity contribution is 7.90. The van der Waals surface area contributed by atoms with Crippen LogP contribution in [-0.2, 0) is 14.6 Å². The fourth-order valence-corrected chi connectivity index (χ4v) is 3.99. The Morgan fingerprint density at radius 2 is 1.75 bits per heavy atom. The van der Waals surface area contributed by atoms with E-state index in [9.17, 15) is 8.42 Å². The first-order chi connectivity index (χ1) is 15.3. The number of hydrogen-bond donors (Lipinski definition) is 1. The number of methoxy groups -OCH3 is 1. The highest BCUT2D eigenvalue weighted by atomic mass is 32.2. The maximum Gasteiger partial charge on any atom is 0.175 e. The van der Waals surface area contributed by atoms with Crippen LogP contribution < -0.4 is 9.47 Å². The standard InChI is InChI=1S/C24H24N2O5S/c1-16(15-29-2)30-20-11-18(23-13-17-5-4-10-25-24(17)26-23)12-21(14-20)31-19-6-8-22(9-7-19)32(3,27)28/h4-14,16H,15H2,1-3H3,(H,25,26). The number of fused-ring (bicyclic) bond motifs is 1. The summed E-state index contributed by atoms with van der Waals surface area (Å²) in [7, 11) is -1.64. The van der Waals surface area contributed by atoms with Crippen molar-refractivity contribution in [1.29, 1.82) is 0 Å². The van der Waals surface area contributed by atoms with E-state index in [4.69, 9.17) is 14.2 Å². The van der Waals surface area contributed by atoms with Crippen molar-refractivity contribution in [2.45, 2.75) is 17.9 Å². The van der Waals surface area contributed by atoms with Crippen LogP contribution in [0.25, 0.3) is 22.3 Å². The number of hydrogen-bond acceptors (Lipinski definition) is 6. The summed E-state index contributed by atoms with van der Waals surface area (Å²) >= 11 is 0. The number of ether oxygens (including phenoxy) is 3. The second-order valence-electron chi connectivity index (χ2n) is 7.55. The van der Waals surface area contributed by atoms with E-state index in [-0.39, 0.29) is 11.0 Å². The molecule has 2 aromatic carbocycles. The van der Waals surface area contributed by atoms with Gasteiger partial charge in [0.15, 0.2) is 9.84 Å². The van der Waals surface area contributed by atoms with E-state index in [1.807, 2.05) is 37.3 Å². The van der Waals surface area contributed by atoms with Gasteiger partial charge in [-0.05, 0) is 61.5 Å². The van der Waals surface area contributed by atoms with Crippen molar-refractivity contribution < 1.29 is 22.6 Å². The molecule has 0 radical (unpaired) electrons. The van der Waals surface area contributed by atoms with Crippen molar-refractivity contribution in [1.82, 2.24) is 9.97 Å². The summed E-state index contributed by atoms with van der Waals surface area (Å²) in [6.07, 6.45) is 2.76. The smallest absolute Gasteiger partial charge is 0.175 e. The zero-order valence-electron chi connectivity index (χ0n) is 18.0. The Morgan fingerprint density at radius 1 is 1.00 bits per heavy atom. The maximum absolute atomic E-state index is 11.7. The van der Waals surface area contributed by atoms with Crippen molar-refractivity contribution in [3.63, 3.8) is 0 Å². The number of aromatic amines is 1. The molecule has 0 amide bonds. The molecule has 1 N–H and O–H groups in total. The number of rotatable bonds is 8. The van der Waals surface area contributed by atoms with Crippen molar-refractivity contribution in [2.24, 2.45) is 0 Å². The molecular weight excluding hydrogens is 428 g/mol. The fraction of sp³-hybridized carbons (Fsp3) is 0.208. The summed E-state index contributed by atoms with van der Waals surface area (Å²) in [6, 6.07) is 17.8. The van der Waals surface area contributed by atoms with Gasteiger partial charge >= 0.3 is 0 Å². The quantitative estimate of drug-likeness (QED) is 0.411. The van der Waals surface area contributed by atoms with Crippen LogP contribution in [0, 0.1) is 0 Å². The molecule has 0 fully saturated rings. The first kappa shape index (κ1) is 21.9. The predicted octanol–water partition coefficient (Wildman–Crippen LogP) is 4.84. The van der Waals surface area contributed by atoms with Crippen LogP contribution in [0.3, 0.4) is 0 Å². The fourth-order valence-electron chi connectivity index (χ4n) is 3.36. The lowest BCUT2D eigenvalue weighted by Gasteiger charge is -2.16. The van der Waals surface area contributed by atoms with E-state index in [1.54, 1.807) is 31.5 Å². The third-order valence-corrected chi connectivity index (χ3v) is 5.94. The van der Waals surface area contributed by atoms with E-state index < -0.39 is 9.84 Å². The molecule has 2 heterocycles. The van der Waals surface area contributed by atoms with Crippen LogP contribution in [0.4, 0.5) is 0 Å². The van der Waals surface area contributed by atoms with Gasteiger partial charge in [-0.1, -0.05) is 0 Å². The lowest BCUT2D eigenvalue weighted by molar-refractivity contribution is 0.0920. The van der Waals surface area contributed by atoms with Crippen molar-refractivity contribution >= 4 is 20.9 Å². The van der Waals surface area contributed by atoms with Crippen LogP contribution in [0.15, 0.2) is 71.8 Å². The Bertz CT molecular complexity index is 1300. The largest absolute Gasteiger partial charge is 0.488 e. The van der Waals surface area contributed by atoms with Crippen molar-refractivity contribution in [2.75, 3.05) is 20.0 Å². The molecule has 166 valence electrons. The molecule has 0 aliphatic heterocycles. The van der Waals surface area contributed by atoms with Gasteiger partial charge in [0.25, 0.3) is 0 Å². The molecule has 0 aliphatic carbocycles. The molecule has 2 aromatic heterocycles. The average Bonchev–Trinajstić information content (AvgIpc) is 3.18. The zero-order valence-corrected chi connectivity index (χ0v) is 18.8. The van der Waals surface area contributed by atoms with Gasteiger partial charge in [0.05, 0.1) is 11.5 Å². The lowest BCUT2D eigenvalue weighted by atomic mass is 10.1. The minimum atomic E-state index is -3.27. The van der Waals surface area contributed by atoms with E-state index in [2.05, 4.69) is 9.97 Å². The van der Waals surface area contributed by atoms with Gasteiger partial charge < -0.3 is 19.2 Å². The zero-order chi connectivity index (χ0) is 22.7. The Kier molecular flexibility index (Phi) is 6.16. The summed E-state index contributed by atoms with van der Waals surface area (Å²) in [5.41, 5.74) is 2.54. The molecule has 0 aliphatic rings. The molecule has 4 aromatic rings. The van der Waals surface area contributed by atoms with Crippen LogP contribution in [0.5, 0.6) is 17.2 Å². The van der Waals surface area contributed by atoms with Gasteiger partial charge in [0, 0.05) is 42.3 Å². The lowest BCUT2D eigenvalue weighted by Crippen LogP contribution is -2.17. The number of benzene rings is 2. The first-order valence-corrected chi connectivity index (χ1v) is 11.9. The molecule has 0 saturated heterocycles.